The highest BCUT2D eigenvalue weighted by Crippen LogP contribution is 2.25. The fraction of sp³-hybridized carbons (Fsp3) is 0.231. The quantitative estimate of drug-likeness (QED) is 0.819. The minimum Gasteiger partial charge on any atom is -0.495 e. The molecule has 0 fully saturated rings. The Bertz CT molecular complexity index is 566. The second-order valence-corrected chi connectivity index (χ2v) is 4.11. The van der Waals surface area contributed by atoms with Crippen LogP contribution in [0.3, 0.4) is 0 Å². The monoisotopic (exact) mass is 260 g/mol. The van der Waals surface area contributed by atoms with Gasteiger partial charge in [0.05, 0.1) is 12.8 Å². The van der Waals surface area contributed by atoms with Gasteiger partial charge in [-0.2, -0.15) is 5.10 Å². The van der Waals surface area contributed by atoms with Crippen LogP contribution in [0.2, 0.25) is 0 Å². The number of rotatable bonds is 4. The third-order valence-electron chi connectivity index (χ3n) is 2.80. The number of nitrogens with two attached hydrogens (primary N) is 1. The van der Waals surface area contributed by atoms with E-state index in [0.29, 0.717) is 17.1 Å². The lowest BCUT2D eigenvalue weighted by Crippen LogP contribution is -2.24. The van der Waals surface area contributed by atoms with Crippen LogP contribution in [-0.2, 0) is 4.79 Å². The Hall–Kier alpha value is -2.50. The standard InChI is InChI=1S/C13H16N4O2/c1-9(17-7-3-6-15-17)13(18)16-10-4-5-11(14)12(8-10)19-2/h3-9H,14H2,1-2H3,(H,16,18). The number of carbonyl (C=O) groups is 1. The second kappa shape index (κ2) is 5.43. The second-order valence-electron chi connectivity index (χ2n) is 4.11. The molecule has 1 aromatic carbocycles. The van der Waals surface area contributed by atoms with Gasteiger partial charge in [0.25, 0.3) is 0 Å². The summed E-state index contributed by atoms with van der Waals surface area (Å²) in [4.78, 5) is 12.1. The van der Waals surface area contributed by atoms with Crippen LogP contribution in [0.4, 0.5) is 11.4 Å². The van der Waals surface area contributed by atoms with Crippen LogP contribution < -0.4 is 15.8 Å². The van der Waals surface area contributed by atoms with Crippen molar-refractivity contribution in [3.8, 4) is 5.75 Å². The molecule has 1 heterocycles. The van der Waals surface area contributed by atoms with Crippen LogP contribution in [0.1, 0.15) is 13.0 Å². The van der Waals surface area contributed by atoms with Gasteiger partial charge in [-0.25, -0.2) is 0 Å². The molecule has 0 aliphatic carbocycles. The van der Waals surface area contributed by atoms with Crippen molar-refractivity contribution in [3.05, 3.63) is 36.7 Å². The Labute approximate surface area is 111 Å². The molecule has 6 heteroatoms. The lowest BCUT2D eigenvalue weighted by molar-refractivity contribution is -0.119. The molecular formula is C13H16N4O2. The van der Waals surface area contributed by atoms with Crippen LogP contribution in [0.15, 0.2) is 36.7 Å². The zero-order chi connectivity index (χ0) is 13.8. The van der Waals surface area contributed by atoms with E-state index in [-0.39, 0.29) is 5.91 Å². The summed E-state index contributed by atoms with van der Waals surface area (Å²) in [6, 6.07) is 6.48. The molecule has 6 nitrogen and oxygen atoms in total. The maximum Gasteiger partial charge on any atom is 0.248 e. The Balaban J connectivity index is 2.11. The molecule has 100 valence electrons. The Morgan fingerprint density at radius 1 is 1.53 bits per heavy atom. The van der Waals surface area contributed by atoms with Gasteiger partial charge in [-0.1, -0.05) is 0 Å². The van der Waals surface area contributed by atoms with Gasteiger partial charge in [0.15, 0.2) is 0 Å². The van der Waals surface area contributed by atoms with E-state index >= 15 is 0 Å². The number of amides is 1. The zero-order valence-electron chi connectivity index (χ0n) is 10.8. The number of carbonyl (C=O) groups excluding carboxylic acids is 1. The van der Waals surface area contributed by atoms with Crippen LogP contribution in [0, 0.1) is 0 Å². The fourth-order valence-corrected chi connectivity index (χ4v) is 1.67. The number of hydrogen-bond donors (Lipinski definition) is 2. The van der Waals surface area contributed by atoms with Crippen molar-refractivity contribution in [2.75, 3.05) is 18.2 Å². The van der Waals surface area contributed by atoms with Gasteiger partial charge in [0, 0.05) is 24.1 Å². The molecule has 1 unspecified atom stereocenters. The van der Waals surface area contributed by atoms with Crippen molar-refractivity contribution < 1.29 is 9.53 Å². The van der Waals surface area contributed by atoms with Gasteiger partial charge in [-0.3, -0.25) is 9.48 Å². The largest absolute Gasteiger partial charge is 0.495 e. The molecule has 3 N–H and O–H groups in total. The average molecular weight is 260 g/mol. The van der Waals surface area contributed by atoms with E-state index in [0.717, 1.165) is 0 Å². The molecule has 2 aromatic rings. The molecule has 0 bridgehead atoms. The first-order valence-electron chi connectivity index (χ1n) is 5.85. The zero-order valence-corrected chi connectivity index (χ0v) is 10.8. The summed E-state index contributed by atoms with van der Waals surface area (Å²) >= 11 is 0. The predicted octanol–water partition coefficient (Wildman–Crippen LogP) is 1.67. The highest BCUT2D eigenvalue weighted by atomic mass is 16.5. The van der Waals surface area contributed by atoms with E-state index in [1.54, 1.807) is 48.3 Å². The van der Waals surface area contributed by atoms with Crippen molar-refractivity contribution in [1.82, 2.24) is 9.78 Å². The van der Waals surface area contributed by atoms with E-state index in [9.17, 15) is 4.79 Å². The smallest absolute Gasteiger partial charge is 0.248 e. The molecule has 0 aliphatic rings. The lowest BCUT2D eigenvalue weighted by Gasteiger charge is -2.13. The molecule has 19 heavy (non-hydrogen) atoms. The first kappa shape index (κ1) is 12.9. The molecule has 0 radical (unpaired) electrons. The summed E-state index contributed by atoms with van der Waals surface area (Å²) in [6.45, 7) is 1.77. The lowest BCUT2D eigenvalue weighted by atomic mass is 10.2. The molecule has 1 atom stereocenters. The first-order valence-corrected chi connectivity index (χ1v) is 5.85. The minimum atomic E-state index is -0.390. The van der Waals surface area contributed by atoms with Gasteiger partial charge in [0.2, 0.25) is 5.91 Å². The van der Waals surface area contributed by atoms with E-state index in [1.165, 1.54) is 7.11 Å². The summed E-state index contributed by atoms with van der Waals surface area (Å²) < 4.78 is 6.69. The molecule has 1 amide bonds. The van der Waals surface area contributed by atoms with Crippen molar-refractivity contribution >= 4 is 17.3 Å². The van der Waals surface area contributed by atoms with Crippen LogP contribution in [-0.4, -0.2) is 22.8 Å². The summed E-state index contributed by atoms with van der Waals surface area (Å²) in [5, 5.41) is 6.83. The van der Waals surface area contributed by atoms with Gasteiger partial charge < -0.3 is 15.8 Å². The third-order valence-corrected chi connectivity index (χ3v) is 2.80. The molecule has 1 aromatic heterocycles. The Morgan fingerprint density at radius 3 is 2.95 bits per heavy atom. The van der Waals surface area contributed by atoms with Crippen molar-refractivity contribution in [2.24, 2.45) is 0 Å². The number of aromatic nitrogens is 2. The summed E-state index contributed by atoms with van der Waals surface area (Å²) in [6.07, 6.45) is 3.38. The SMILES string of the molecule is COc1cc(NC(=O)C(C)n2cccn2)ccc1N. The summed E-state index contributed by atoms with van der Waals surface area (Å²) in [5.41, 5.74) is 6.88. The predicted molar refractivity (Wildman–Crippen MR) is 73.0 cm³/mol. The van der Waals surface area contributed by atoms with E-state index in [2.05, 4.69) is 10.4 Å². The Morgan fingerprint density at radius 2 is 2.32 bits per heavy atom. The van der Waals surface area contributed by atoms with E-state index < -0.39 is 6.04 Å². The molecule has 0 spiro atoms. The normalized spacial score (nSPS) is 11.9. The number of nitrogen functional groups attached to an aromatic ring is 1. The Kier molecular flexibility index (Phi) is 3.70. The fourth-order valence-electron chi connectivity index (χ4n) is 1.67. The number of methoxy groups -OCH3 is 1. The van der Waals surface area contributed by atoms with Crippen molar-refractivity contribution in [1.29, 1.82) is 0 Å². The van der Waals surface area contributed by atoms with Crippen LogP contribution >= 0.6 is 0 Å². The van der Waals surface area contributed by atoms with Gasteiger partial charge >= 0.3 is 0 Å². The van der Waals surface area contributed by atoms with Crippen molar-refractivity contribution in [3.63, 3.8) is 0 Å². The number of hydrogen-bond acceptors (Lipinski definition) is 4. The molecule has 2 rings (SSSR count). The first-order chi connectivity index (χ1) is 9.11. The van der Waals surface area contributed by atoms with E-state index in [4.69, 9.17) is 10.5 Å². The molecule has 0 saturated carbocycles. The molecular weight excluding hydrogens is 244 g/mol. The van der Waals surface area contributed by atoms with Crippen LogP contribution in [0.5, 0.6) is 5.75 Å². The van der Waals surface area contributed by atoms with Crippen LogP contribution in [0.25, 0.3) is 0 Å². The molecule has 0 saturated heterocycles. The van der Waals surface area contributed by atoms with E-state index in [1.807, 2.05) is 0 Å². The van der Waals surface area contributed by atoms with Gasteiger partial charge in [-0.15, -0.1) is 0 Å². The summed E-state index contributed by atoms with van der Waals surface area (Å²) in [7, 11) is 1.53. The average Bonchev–Trinajstić information content (AvgIpc) is 2.94. The van der Waals surface area contributed by atoms with Gasteiger partial charge in [0.1, 0.15) is 11.8 Å². The number of nitrogens with one attached hydrogen (secondary N) is 1. The summed E-state index contributed by atoms with van der Waals surface area (Å²) in [5.74, 6) is 0.375. The number of anilines is 2. The number of ether oxygens (including phenoxy) is 1. The maximum absolute atomic E-state index is 12.1. The number of nitrogens with zero attached hydrogens (tertiary/aromatic N) is 2. The van der Waals surface area contributed by atoms with Crippen molar-refractivity contribution in [2.45, 2.75) is 13.0 Å². The highest BCUT2D eigenvalue weighted by molar-refractivity contribution is 5.93. The topological polar surface area (TPSA) is 82.2 Å². The molecule has 0 aliphatic heterocycles. The minimum absolute atomic E-state index is 0.157. The third kappa shape index (κ3) is 2.85. The highest BCUT2D eigenvalue weighted by Gasteiger charge is 2.15. The maximum atomic E-state index is 12.1. The van der Waals surface area contributed by atoms with Gasteiger partial charge in [-0.05, 0) is 25.1 Å². The number of benzene rings is 1.